The van der Waals surface area contributed by atoms with Crippen LogP contribution in [0.5, 0.6) is 0 Å². The highest BCUT2D eigenvalue weighted by molar-refractivity contribution is 5.96. The zero-order valence-electron chi connectivity index (χ0n) is 9.35. The van der Waals surface area contributed by atoms with Crippen molar-refractivity contribution in [3.05, 3.63) is 29.7 Å². The van der Waals surface area contributed by atoms with Gasteiger partial charge in [0.25, 0.3) is 5.91 Å². The Morgan fingerprint density at radius 2 is 2.25 bits per heavy atom. The molecule has 0 atom stereocenters. The van der Waals surface area contributed by atoms with Crippen molar-refractivity contribution in [1.82, 2.24) is 10.0 Å². The summed E-state index contributed by atoms with van der Waals surface area (Å²) in [5, 5.41) is 1.16. The Morgan fingerprint density at radius 3 is 2.94 bits per heavy atom. The van der Waals surface area contributed by atoms with Gasteiger partial charge < -0.3 is 4.42 Å². The smallest absolute Gasteiger partial charge is 0.277 e. The average molecular weight is 220 g/mol. The monoisotopic (exact) mass is 220 g/mol. The van der Waals surface area contributed by atoms with Gasteiger partial charge in [0.05, 0.1) is 7.11 Å². The van der Waals surface area contributed by atoms with Crippen molar-refractivity contribution in [2.45, 2.75) is 6.92 Å². The predicted molar refractivity (Wildman–Crippen MR) is 57.8 cm³/mol. The Hall–Kier alpha value is -1.88. The normalized spacial score (nSPS) is 10.7. The summed E-state index contributed by atoms with van der Waals surface area (Å²) in [7, 11) is 2.99. The molecular weight excluding hydrogens is 208 g/mol. The summed E-state index contributed by atoms with van der Waals surface area (Å²) in [6.07, 6.45) is 0. The molecule has 2 aromatic rings. The number of benzene rings is 1. The second-order valence-corrected chi connectivity index (χ2v) is 3.40. The molecule has 2 rings (SSSR count). The van der Waals surface area contributed by atoms with Gasteiger partial charge in [-0.2, -0.15) is 0 Å². The Labute approximate surface area is 92.6 Å². The van der Waals surface area contributed by atoms with Crippen LogP contribution in [0.3, 0.4) is 0 Å². The molecule has 0 bridgehead atoms. The first-order valence-electron chi connectivity index (χ1n) is 4.81. The number of aryl methyl sites for hydroxylation is 1. The summed E-state index contributed by atoms with van der Waals surface area (Å²) in [6.45, 7) is 1.77. The van der Waals surface area contributed by atoms with Crippen molar-refractivity contribution < 1.29 is 14.0 Å². The molecule has 1 aromatic carbocycles. The molecule has 1 heterocycles. The van der Waals surface area contributed by atoms with Gasteiger partial charge in [-0.25, -0.2) is 10.0 Å². The fourth-order valence-electron chi connectivity index (χ4n) is 1.44. The maximum atomic E-state index is 11.8. The molecule has 5 heteroatoms. The molecule has 5 nitrogen and oxygen atoms in total. The Bertz CT molecular complexity index is 533. The number of oxazole rings is 1. The lowest BCUT2D eigenvalue weighted by Crippen LogP contribution is -2.25. The first-order valence-corrected chi connectivity index (χ1v) is 4.81. The van der Waals surface area contributed by atoms with E-state index in [9.17, 15) is 4.79 Å². The minimum absolute atomic E-state index is 0.224. The molecule has 0 radical (unpaired) electrons. The van der Waals surface area contributed by atoms with Crippen LogP contribution in [0.1, 0.15) is 16.2 Å². The number of carbonyl (C=O) groups is 1. The topological polar surface area (TPSA) is 55.6 Å². The third kappa shape index (κ3) is 1.77. The maximum Gasteiger partial charge on any atom is 0.277 e. The quantitative estimate of drug-likeness (QED) is 0.724. The molecule has 1 amide bonds. The van der Waals surface area contributed by atoms with E-state index < -0.39 is 0 Å². The van der Waals surface area contributed by atoms with Crippen LogP contribution in [-0.2, 0) is 4.84 Å². The number of hydrogen-bond donors (Lipinski definition) is 0. The van der Waals surface area contributed by atoms with Crippen LogP contribution in [0, 0.1) is 6.92 Å². The first kappa shape index (κ1) is 10.6. The summed E-state index contributed by atoms with van der Waals surface area (Å²) in [5.41, 5.74) is 1.86. The number of amides is 1. The molecular formula is C11H12N2O3. The van der Waals surface area contributed by atoms with Gasteiger partial charge in [0.2, 0.25) is 0 Å². The van der Waals surface area contributed by atoms with Crippen LogP contribution in [0.2, 0.25) is 0 Å². The summed E-state index contributed by atoms with van der Waals surface area (Å²) in [6, 6.07) is 5.11. The molecule has 0 saturated carbocycles. The van der Waals surface area contributed by atoms with E-state index in [1.54, 1.807) is 32.2 Å². The lowest BCUT2D eigenvalue weighted by atomic mass is 10.2. The molecule has 0 aliphatic rings. The van der Waals surface area contributed by atoms with Crippen molar-refractivity contribution in [3.8, 4) is 0 Å². The second kappa shape index (κ2) is 3.94. The van der Waals surface area contributed by atoms with Crippen molar-refractivity contribution in [2.75, 3.05) is 14.2 Å². The van der Waals surface area contributed by atoms with Gasteiger partial charge >= 0.3 is 0 Å². The van der Waals surface area contributed by atoms with Crippen molar-refractivity contribution in [2.24, 2.45) is 0 Å². The molecule has 0 fully saturated rings. The van der Waals surface area contributed by atoms with E-state index in [0.29, 0.717) is 17.0 Å². The largest absolute Gasteiger partial charge is 0.441 e. The minimum Gasteiger partial charge on any atom is -0.441 e. The highest BCUT2D eigenvalue weighted by atomic mass is 16.7. The number of carbonyl (C=O) groups excluding carboxylic acids is 1. The van der Waals surface area contributed by atoms with Gasteiger partial charge in [-0.1, -0.05) is 0 Å². The van der Waals surface area contributed by atoms with Crippen molar-refractivity contribution in [1.29, 1.82) is 0 Å². The van der Waals surface area contributed by atoms with Crippen LogP contribution in [0.15, 0.2) is 22.6 Å². The van der Waals surface area contributed by atoms with Gasteiger partial charge in [-0.3, -0.25) is 9.63 Å². The molecule has 0 saturated heterocycles. The lowest BCUT2D eigenvalue weighted by molar-refractivity contribution is -0.0756. The maximum absolute atomic E-state index is 11.8. The number of fused-ring (bicyclic) bond motifs is 1. The number of rotatable bonds is 2. The zero-order valence-corrected chi connectivity index (χ0v) is 9.35. The van der Waals surface area contributed by atoms with Crippen molar-refractivity contribution in [3.63, 3.8) is 0 Å². The highest BCUT2D eigenvalue weighted by Crippen LogP contribution is 2.17. The van der Waals surface area contributed by atoms with Crippen molar-refractivity contribution >= 4 is 17.0 Å². The van der Waals surface area contributed by atoms with Gasteiger partial charge in [0.15, 0.2) is 11.5 Å². The predicted octanol–water partition coefficient (Wildman–Crippen LogP) is 1.77. The number of aromatic nitrogens is 1. The fourth-order valence-corrected chi connectivity index (χ4v) is 1.44. The third-order valence-electron chi connectivity index (χ3n) is 2.30. The van der Waals surface area contributed by atoms with Crippen LogP contribution in [0.4, 0.5) is 0 Å². The standard InChI is InChI=1S/C11H12N2O3/c1-7-12-9-5-4-8(6-10(9)16-7)11(14)13(2)15-3/h4-6H,1-3H3. The van der Waals surface area contributed by atoms with Crippen LogP contribution in [0.25, 0.3) is 11.1 Å². The summed E-state index contributed by atoms with van der Waals surface area (Å²) in [5.74, 6) is 0.359. The van der Waals surface area contributed by atoms with Crippen LogP contribution < -0.4 is 0 Å². The molecule has 0 N–H and O–H groups in total. The van der Waals surface area contributed by atoms with Gasteiger partial charge in [-0.15, -0.1) is 0 Å². The van der Waals surface area contributed by atoms with E-state index in [1.807, 2.05) is 0 Å². The molecule has 0 aliphatic carbocycles. The molecule has 0 spiro atoms. The number of nitrogens with zero attached hydrogens (tertiary/aromatic N) is 2. The Balaban J connectivity index is 2.42. The summed E-state index contributed by atoms with van der Waals surface area (Å²) in [4.78, 5) is 20.7. The van der Waals surface area contributed by atoms with Crippen LogP contribution >= 0.6 is 0 Å². The molecule has 16 heavy (non-hydrogen) atoms. The van der Waals surface area contributed by atoms with Gasteiger partial charge in [0.1, 0.15) is 5.52 Å². The third-order valence-corrected chi connectivity index (χ3v) is 2.30. The zero-order chi connectivity index (χ0) is 11.7. The fraction of sp³-hybridized carbons (Fsp3) is 0.273. The van der Waals surface area contributed by atoms with E-state index in [4.69, 9.17) is 9.25 Å². The summed E-state index contributed by atoms with van der Waals surface area (Å²) < 4.78 is 5.35. The van der Waals surface area contributed by atoms with Gasteiger partial charge in [-0.05, 0) is 18.2 Å². The van der Waals surface area contributed by atoms with E-state index in [0.717, 1.165) is 10.6 Å². The molecule has 1 aromatic heterocycles. The van der Waals surface area contributed by atoms with E-state index in [2.05, 4.69) is 4.98 Å². The van der Waals surface area contributed by atoms with Gasteiger partial charge in [0, 0.05) is 19.5 Å². The number of hydrogen-bond acceptors (Lipinski definition) is 4. The Kier molecular flexibility index (Phi) is 2.62. The first-order chi connectivity index (χ1) is 7.61. The lowest BCUT2D eigenvalue weighted by Gasteiger charge is -2.12. The van der Waals surface area contributed by atoms with Crippen LogP contribution in [-0.4, -0.2) is 30.1 Å². The minimum atomic E-state index is -0.224. The second-order valence-electron chi connectivity index (χ2n) is 3.40. The van der Waals surface area contributed by atoms with E-state index in [-0.39, 0.29) is 5.91 Å². The molecule has 0 aliphatic heterocycles. The average Bonchev–Trinajstić information content (AvgIpc) is 2.65. The molecule has 84 valence electrons. The van der Waals surface area contributed by atoms with E-state index in [1.165, 1.54) is 7.11 Å². The Morgan fingerprint density at radius 1 is 1.50 bits per heavy atom. The number of hydroxylamine groups is 2. The summed E-state index contributed by atoms with van der Waals surface area (Å²) >= 11 is 0. The molecule has 0 unspecified atom stereocenters. The van der Waals surface area contributed by atoms with E-state index >= 15 is 0 Å². The SMILES string of the molecule is CON(C)C(=O)c1ccc2nc(C)oc2c1. The highest BCUT2D eigenvalue weighted by Gasteiger charge is 2.13.